The number of ether oxygens (including phenoxy) is 1. The molecule has 0 unspecified atom stereocenters. The number of benzene rings is 1. The summed E-state index contributed by atoms with van der Waals surface area (Å²) < 4.78 is 33.7. The van der Waals surface area contributed by atoms with Crippen LogP contribution in [0.5, 0.6) is 0 Å². The van der Waals surface area contributed by atoms with E-state index in [-0.39, 0.29) is 30.1 Å². The lowest BCUT2D eigenvalue weighted by atomic mass is 9.79. The molecular formula is C28H31F2N7O3. The van der Waals surface area contributed by atoms with Gasteiger partial charge in [0, 0.05) is 48.6 Å². The Hall–Kier alpha value is -4.22. The Kier molecular flexibility index (Phi) is 7.11. The van der Waals surface area contributed by atoms with Gasteiger partial charge in [0.05, 0.1) is 17.3 Å². The smallest absolute Gasteiger partial charge is 0.313 e. The van der Waals surface area contributed by atoms with Gasteiger partial charge >= 0.3 is 5.97 Å². The van der Waals surface area contributed by atoms with Crippen LogP contribution in [0.25, 0.3) is 6.08 Å². The van der Waals surface area contributed by atoms with Crippen LogP contribution < -0.4 is 5.32 Å². The Morgan fingerprint density at radius 2 is 1.75 bits per heavy atom. The fraction of sp³-hybridized carbons (Fsp3) is 0.429. The number of hydrogen-bond donors (Lipinski definition) is 1. The van der Waals surface area contributed by atoms with Crippen LogP contribution in [0.3, 0.4) is 0 Å². The summed E-state index contributed by atoms with van der Waals surface area (Å²) in [7, 11) is 0. The molecule has 10 nitrogen and oxygen atoms in total. The fourth-order valence-corrected chi connectivity index (χ4v) is 4.76. The Morgan fingerprint density at radius 3 is 2.35 bits per heavy atom. The highest BCUT2D eigenvalue weighted by Crippen LogP contribution is 2.33. The summed E-state index contributed by atoms with van der Waals surface area (Å²) in [4.78, 5) is 35.0. The summed E-state index contributed by atoms with van der Waals surface area (Å²) in [6.45, 7) is 8.29. The minimum atomic E-state index is -0.840. The maximum Gasteiger partial charge on any atom is 0.313 e. The van der Waals surface area contributed by atoms with E-state index in [0.29, 0.717) is 37.4 Å². The molecule has 1 aromatic carbocycles. The molecule has 1 fully saturated rings. The van der Waals surface area contributed by atoms with Gasteiger partial charge in [-0.1, -0.05) is 12.1 Å². The van der Waals surface area contributed by atoms with Gasteiger partial charge in [0.25, 0.3) is 0 Å². The highest BCUT2D eigenvalue weighted by molar-refractivity contribution is 5.92. The van der Waals surface area contributed by atoms with E-state index in [1.165, 1.54) is 22.9 Å². The van der Waals surface area contributed by atoms with E-state index in [9.17, 15) is 18.4 Å². The van der Waals surface area contributed by atoms with Gasteiger partial charge in [0.1, 0.15) is 0 Å². The number of carbonyl (C=O) groups excluding carboxylic acids is 2. The predicted octanol–water partition coefficient (Wildman–Crippen LogP) is 3.29. The zero-order valence-electron chi connectivity index (χ0n) is 22.8. The third kappa shape index (κ3) is 5.85. The molecule has 12 heteroatoms. The number of nitrogens with one attached hydrogen (secondary N) is 1. The van der Waals surface area contributed by atoms with Crippen LogP contribution in [-0.2, 0) is 39.3 Å². The largest absolute Gasteiger partial charge is 0.442 e. The molecule has 3 aromatic rings. The number of rotatable bonds is 7. The second-order valence-electron chi connectivity index (χ2n) is 11.7. The van der Waals surface area contributed by atoms with Crippen LogP contribution in [0.2, 0.25) is 0 Å². The van der Waals surface area contributed by atoms with Crippen molar-refractivity contribution < 1.29 is 23.1 Å². The molecule has 0 saturated carbocycles. The lowest BCUT2D eigenvalue weighted by Gasteiger charge is -2.46. The van der Waals surface area contributed by atoms with Crippen molar-refractivity contribution >= 4 is 23.9 Å². The molecule has 1 aliphatic heterocycles. The van der Waals surface area contributed by atoms with Crippen LogP contribution in [0.4, 0.5) is 14.7 Å². The molecule has 5 rings (SSSR count). The predicted molar refractivity (Wildman–Crippen MR) is 142 cm³/mol. The molecule has 3 heterocycles. The molecule has 0 atom stereocenters. The van der Waals surface area contributed by atoms with Crippen molar-refractivity contribution in [2.45, 2.75) is 58.7 Å². The zero-order chi connectivity index (χ0) is 28.7. The Morgan fingerprint density at radius 1 is 1.12 bits per heavy atom. The molecular weight excluding hydrogens is 520 g/mol. The maximum absolute atomic E-state index is 13.5. The van der Waals surface area contributed by atoms with E-state index in [4.69, 9.17) is 4.74 Å². The van der Waals surface area contributed by atoms with Crippen molar-refractivity contribution in [3.8, 4) is 0 Å². The average molecular weight is 552 g/mol. The molecule has 40 heavy (non-hydrogen) atoms. The van der Waals surface area contributed by atoms with Crippen molar-refractivity contribution in [1.82, 2.24) is 29.9 Å². The SMILES string of the molecule is CC(C)(C)C(=O)OCn1cc(C2(C)CN(C(=O)/C=C/c3cnc(NC4Cc5cc(F)c(F)cc5C4)nc3)C2)nn1. The van der Waals surface area contributed by atoms with Crippen molar-refractivity contribution in [1.29, 1.82) is 0 Å². The van der Waals surface area contributed by atoms with E-state index < -0.39 is 17.0 Å². The van der Waals surface area contributed by atoms with Gasteiger partial charge in [-0.3, -0.25) is 9.59 Å². The van der Waals surface area contributed by atoms with Crippen molar-refractivity contribution in [2.75, 3.05) is 18.4 Å². The van der Waals surface area contributed by atoms with Crippen molar-refractivity contribution in [2.24, 2.45) is 5.41 Å². The van der Waals surface area contributed by atoms with Crippen LogP contribution in [0.15, 0.2) is 36.8 Å². The first-order valence-corrected chi connectivity index (χ1v) is 13.0. The maximum atomic E-state index is 13.5. The van der Waals surface area contributed by atoms with E-state index in [1.807, 2.05) is 6.92 Å². The van der Waals surface area contributed by atoms with E-state index >= 15 is 0 Å². The van der Waals surface area contributed by atoms with Crippen molar-refractivity contribution in [3.63, 3.8) is 0 Å². The number of aromatic nitrogens is 5. The fourth-order valence-electron chi connectivity index (χ4n) is 4.76. The van der Waals surface area contributed by atoms with Crippen LogP contribution in [0, 0.1) is 17.0 Å². The second kappa shape index (κ2) is 10.4. The first kappa shape index (κ1) is 27.4. The van der Waals surface area contributed by atoms with Gasteiger partial charge < -0.3 is 15.0 Å². The van der Waals surface area contributed by atoms with Gasteiger partial charge in [-0.15, -0.1) is 5.10 Å². The molecule has 1 aliphatic carbocycles. The number of anilines is 1. The van der Waals surface area contributed by atoms with Crippen LogP contribution in [0.1, 0.15) is 50.1 Å². The molecule has 0 spiro atoms. The van der Waals surface area contributed by atoms with Gasteiger partial charge in [0.2, 0.25) is 11.9 Å². The van der Waals surface area contributed by atoms with Crippen molar-refractivity contribution in [3.05, 3.63) is 70.8 Å². The standard InChI is InChI=1S/C28H31F2N7O3/c1-27(2,3)25(39)40-16-37-13-23(34-35-37)28(4)14-36(15-28)24(38)6-5-17-11-31-26(32-12-17)33-20-7-18-9-21(29)22(30)10-19(18)8-20/h5-6,9-13,20H,7-8,14-16H2,1-4H3,(H,31,32,33)/b6-5+. The number of carbonyl (C=O) groups is 2. The zero-order valence-corrected chi connectivity index (χ0v) is 22.8. The quantitative estimate of drug-likeness (QED) is 0.352. The van der Waals surface area contributed by atoms with Crippen LogP contribution >= 0.6 is 0 Å². The number of fused-ring (bicyclic) bond motifs is 1. The molecule has 0 bridgehead atoms. The number of likely N-dealkylation sites (tertiary alicyclic amines) is 1. The second-order valence-corrected chi connectivity index (χ2v) is 11.7. The molecule has 2 aliphatic rings. The normalized spacial score (nSPS) is 16.6. The Bertz CT molecular complexity index is 1430. The molecule has 2 aromatic heterocycles. The van der Waals surface area contributed by atoms with Gasteiger partial charge in [-0.2, -0.15) is 0 Å². The monoisotopic (exact) mass is 551 g/mol. The minimum absolute atomic E-state index is 0.0186. The summed E-state index contributed by atoms with van der Waals surface area (Å²) in [6, 6.07) is 2.44. The minimum Gasteiger partial charge on any atom is -0.442 e. The molecule has 1 N–H and O–H groups in total. The van der Waals surface area contributed by atoms with E-state index in [0.717, 1.165) is 16.8 Å². The molecule has 1 amide bonds. The third-order valence-electron chi connectivity index (χ3n) is 7.09. The first-order chi connectivity index (χ1) is 18.9. The Balaban J connectivity index is 1.09. The lowest BCUT2D eigenvalue weighted by Crippen LogP contribution is -2.59. The summed E-state index contributed by atoms with van der Waals surface area (Å²) in [5.74, 6) is -1.74. The molecule has 1 saturated heterocycles. The van der Waals surface area contributed by atoms with Gasteiger partial charge in [-0.25, -0.2) is 23.4 Å². The molecule has 0 radical (unpaired) electrons. The first-order valence-electron chi connectivity index (χ1n) is 13.0. The summed E-state index contributed by atoms with van der Waals surface area (Å²) in [5, 5.41) is 11.5. The highest BCUT2D eigenvalue weighted by atomic mass is 19.2. The van der Waals surface area contributed by atoms with Gasteiger partial charge in [0.15, 0.2) is 18.4 Å². The number of nitrogens with zero attached hydrogens (tertiary/aromatic N) is 6. The molecule has 210 valence electrons. The third-order valence-corrected chi connectivity index (χ3v) is 7.09. The number of halogens is 2. The topological polar surface area (TPSA) is 115 Å². The van der Waals surface area contributed by atoms with Crippen LogP contribution in [-0.4, -0.2) is 60.9 Å². The number of amides is 1. The summed E-state index contributed by atoms with van der Waals surface area (Å²) >= 11 is 0. The number of esters is 1. The lowest BCUT2D eigenvalue weighted by molar-refractivity contribution is -0.157. The summed E-state index contributed by atoms with van der Waals surface area (Å²) in [6.07, 6.45) is 9.19. The Labute approximate surface area is 230 Å². The van der Waals surface area contributed by atoms with E-state index in [2.05, 4.69) is 25.6 Å². The van der Waals surface area contributed by atoms with E-state index in [1.54, 1.807) is 50.3 Å². The summed E-state index contributed by atoms with van der Waals surface area (Å²) in [5.41, 5.74) is 2.00. The highest BCUT2D eigenvalue weighted by Gasteiger charge is 2.44. The van der Waals surface area contributed by atoms with Gasteiger partial charge in [-0.05, 0) is 62.9 Å². The number of hydrogen-bond acceptors (Lipinski definition) is 8. The average Bonchev–Trinajstić information content (AvgIpc) is 3.51.